The number of aliphatic hydroxyl groups excluding tert-OH is 1. The van der Waals surface area contributed by atoms with Crippen molar-refractivity contribution in [3.8, 4) is 0 Å². The Labute approximate surface area is 458 Å². The summed E-state index contributed by atoms with van der Waals surface area (Å²) in [5.74, 6) is -9.01. The number of nitrogens with one attached hydrogen (secondary N) is 7. The van der Waals surface area contributed by atoms with Gasteiger partial charge in [0, 0.05) is 25.2 Å². The van der Waals surface area contributed by atoms with Gasteiger partial charge in [-0.25, -0.2) is 4.79 Å². The monoisotopic (exact) mass is 1120 g/mol. The summed E-state index contributed by atoms with van der Waals surface area (Å²) in [6.07, 6.45) is 2.42. The Kier molecular flexibility index (Phi) is 31.5. The summed E-state index contributed by atoms with van der Waals surface area (Å²) < 4.78 is 0. The molecule has 0 radical (unpaired) electrons. The molecule has 30 nitrogen and oxygen atoms in total. The number of hydrogen-bond donors (Lipinski definition) is 18. The highest BCUT2D eigenvalue weighted by Crippen LogP contribution is 2.21. The molecule has 30 heteroatoms. The number of carboxylic acids is 1. The van der Waals surface area contributed by atoms with Gasteiger partial charge in [-0.05, 0) is 127 Å². The minimum absolute atomic E-state index is 0.0109. The minimum Gasteiger partial charge on any atom is -0.477 e. The maximum absolute atomic E-state index is 14.3. The van der Waals surface area contributed by atoms with Gasteiger partial charge in [-0.1, -0.05) is 24.6 Å². The van der Waals surface area contributed by atoms with Crippen LogP contribution >= 0.6 is 0 Å². The molecule has 0 spiro atoms. The van der Waals surface area contributed by atoms with Crippen molar-refractivity contribution in [2.24, 2.45) is 56.6 Å². The highest BCUT2D eigenvalue weighted by molar-refractivity contribution is 5.99. The Balaban J connectivity index is 2.34. The largest absolute Gasteiger partial charge is 0.477 e. The van der Waals surface area contributed by atoms with Crippen molar-refractivity contribution < 1.29 is 58.2 Å². The van der Waals surface area contributed by atoms with E-state index in [9.17, 15) is 58.2 Å². The molecule has 0 aliphatic carbocycles. The highest BCUT2D eigenvalue weighted by atomic mass is 16.4. The number of benzene rings is 1. The normalized spacial score (nSPS) is 15.9. The fourth-order valence-electron chi connectivity index (χ4n) is 8.26. The van der Waals surface area contributed by atoms with Gasteiger partial charge in [-0.3, -0.25) is 48.1 Å². The van der Waals surface area contributed by atoms with Crippen LogP contribution in [0.1, 0.15) is 99.4 Å². The third-order valence-corrected chi connectivity index (χ3v) is 12.6. The van der Waals surface area contributed by atoms with Gasteiger partial charge >= 0.3 is 5.97 Å². The smallest absolute Gasteiger partial charge is 0.352 e. The number of aliphatic carboxylic acids is 1. The van der Waals surface area contributed by atoms with Crippen molar-refractivity contribution in [1.82, 2.24) is 42.1 Å². The molecule has 1 aromatic rings. The quantitative estimate of drug-likeness (QED) is 0.0127. The third kappa shape index (κ3) is 24.5. The first kappa shape index (κ1) is 67.8. The van der Waals surface area contributed by atoms with E-state index in [1.54, 1.807) is 12.1 Å². The van der Waals surface area contributed by atoms with Gasteiger partial charge in [-0.15, -0.1) is 0 Å². The number of aliphatic imine (C=N–C) groups is 1. The predicted molar refractivity (Wildman–Crippen MR) is 291 cm³/mol. The number of aliphatic hydroxyl groups is 1. The number of carbonyl (C=O) groups excluding carboxylic acids is 9. The Morgan fingerprint density at radius 1 is 0.696 bits per heavy atom. The molecule has 1 aliphatic rings. The molecule has 0 unspecified atom stereocenters. The number of likely N-dealkylation sites (tertiary alicyclic amines) is 1. The van der Waals surface area contributed by atoms with Crippen LogP contribution in [0.2, 0.25) is 0 Å². The summed E-state index contributed by atoms with van der Waals surface area (Å²) in [7, 11) is 0. The lowest BCUT2D eigenvalue weighted by atomic mass is 10.0. The number of carboxylic acid groups (broad SMARTS) is 1. The zero-order valence-corrected chi connectivity index (χ0v) is 44.6. The molecule has 1 heterocycles. The van der Waals surface area contributed by atoms with Gasteiger partial charge in [0.15, 0.2) is 5.96 Å². The van der Waals surface area contributed by atoms with Gasteiger partial charge in [0.05, 0.1) is 18.7 Å². The number of amides is 9. The summed E-state index contributed by atoms with van der Waals surface area (Å²) in [5, 5.41) is 37.9. The second-order valence-corrected chi connectivity index (χ2v) is 18.8. The van der Waals surface area contributed by atoms with Crippen LogP contribution < -0.4 is 88.8 Å². The average molecular weight is 1120 g/mol. The lowest BCUT2D eigenvalue weighted by molar-refractivity contribution is -0.142. The maximum Gasteiger partial charge on any atom is 0.352 e. The molecule has 0 bridgehead atoms. The Morgan fingerprint density at radius 3 is 1.95 bits per heavy atom. The fraction of sp³-hybridized carbons (Fsp3) is 0.612. The van der Waals surface area contributed by atoms with Crippen LogP contribution in [-0.4, -0.2) is 181 Å². The van der Waals surface area contributed by atoms with Crippen LogP contribution in [0.3, 0.4) is 0 Å². The molecule has 0 saturated carbocycles. The molecule has 8 atom stereocenters. The minimum atomic E-state index is -1.61. The first-order chi connectivity index (χ1) is 37.6. The molecule has 442 valence electrons. The van der Waals surface area contributed by atoms with Crippen LogP contribution in [0.4, 0.5) is 0 Å². The van der Waals surface area contributed by atoms with Gasteiger partial charge < -0.3 is 104 Å². The molecule has 0 aromatic heterocycles. The van der Waals surface area contributed by atoms with Crippen molar-refractivity contribution in [3.05, 3.63) is 47.2 Å². The summed E-state index contributed by atoms with van der Waals surface area (Å²) >= 11 is 0. The van der Waals surface area contributed by atoms with Crippen LogP contribution in [-0.2, 0) is 49.6 Å². The highest BCUT2D eigenvalue weighted by Gasteiger charge is 2.40. The Bertz CT molecular complexity index is 2270. The fourth-order valence-corrected chi connectivity index (χ4v) is 8.26. The van der Waals surface area contributed by atoms with E-state index in [1.165, 1.54) is 23.1 Å². The van der Waals surface area contributed by atoms with Gasteiger partial charge in [-0.2, -0.15) is 0 Å². The summed E-state index contributed by atoms with van der Waals surface area (Å²) in [6.45, 7) is -0.438. The second-order valence-electron chi connectivity index (χ2n) is 18.8. The molecule has 2 rings (SSSR count). The van der Waals surface area contributed by atoms with Crippen molar-refractivity contribution >= 4 is 65.1 Å². The Morgan fingerprint density at radius 2 is 1.33 bits per heavy atom. The summed E-state index contributed by atoms with van der Waals surface area (Å²) in [4.78, 5) is 139. The van der Waals surface area contributed by atoms with Gasteiger partial charge in [0.25, 0.3) is 0 Å². The predicted octanol–water partition coefficient (Wildman–Crippen LogP) is -7.01. The van der Waals surface area contributed by atoms with E-state index in [1.807, 2.05) is 0 Å². The SMILES string of the molecule is NCCCC[C@H](NC(=O)[C@H](CCc1cccc(C(N)=O)c1)NC(=O)[C@@H]1CCCN1C(=O)[C@@H](CCCN)NC(=O)CNC(=O)[C@H](CCN)NC(=O)[C@@H](NC(=O)[C@@H](N)CCCCN)[C@@H](O)CN)C(=O)N/C(=C\CCN=C(N)N)C(=O)O. The topological polar surface area (TPSA) is 545 Å². The number of nitrogens with zero attached hydrogens (tertiary/aromatic N) is 2. The number of guanidine groups is 1. The van der Waals surface area contributed by atoms with Crippen molar-refractivity contribution in [3.63, 3.8) is 0 Å². The number of hydrogen-bond acceptors (Lipinski definition) is 18. The lowest BCUT2D eigenvalue weighted by Gasteiger charge is -2.30. The van der Waals surface area contributed by atoms with Gasteiger partial charge in [0.1, 0.15) is 41.9 Å². The molecule has 1 fully saturated rings. The van der Waals surface area contributed by atoms with E-state index in [0.717, 1.165) is 0 Å². The van der Waals surface area contributed by atoms with E-state index in [0.29, 0.717) is 44.2 Å². The molecule has 1 saturated heterocycles. The zero-order valence-electron chi connectivity index (χ0n) is 44.6. The molecule has 79 heavy (non-hydrogen) atoms. The van der Waals surface area contributed by atoms with E-state index in [4.69, 9.17) is 51.6 Å². The van der Waals surface area contributed by atoms with Crippen molar-refractivity contribution in [1.29, 1.82) is 0 Å². The summed E-state index contributed by atoms with van der Waals surface area (Å²) in [6, 6.07) is -2.87. The van der Waals surface area contributed by atoms with E-state index < -0.39 is 126 Å². The first-order valence-corrected chi connectivity index (χ1v) is 26.3. The van der Waals surface area contributed by atoms with Crippen LogP contribution in [0.15, 0.2) is 41.0 Å². The number of unbranched alkanes of at least 4 members (excludes halogenated alkanes) is 2. The number of nitrogens with two attached hydrogens (primary N) is 9. The molecule has 27 N–H and O–H groups in total. The molecule has 1 aliphatic heterocycles. The average Bonchev–Trinajstić information content (AvgIpc) is 3.93. The van der Waals surface area contributed by atoms with E-state index >= 15 is 0 Å². The zero-order chi connectivity index (χ0) is 59.0. The third-order valence-electron chi connectivity index (χ3n) is 12.6. The lowest BCUT2D eigenvalue weighted by Crippen LogP contribution is -2.61. The van der Waals surface area contributed by atoms with E-state index in [2.05, 4.69) is 42.2 Å². The number of carbonyl (C=O) groups is 10. The number of aryl methyl sites for hydroxylation is 1. The summed E-state index contributed by atoms with van der Waals surface area (Å²) in [5.41, 5.74) is 50.7. The Hall–Kier alpha value is -7.35. The number of primary amides is 1. The standard InChI is InChI=1S/C49H84N18O12/c50-19-3-1-11-30(55)41(71)66-39(37(68)26-54)46(76)64-33(18-22-53)42(72)60-27-38(69)61-34(13-6-21-52)47(77)67-24-8-15-36(67)45(75)63-32(17-16-28-9-5-10-29(25-28)40(56)70)44(74)62-31(12-2-4-20-51)43(73)65-35(48(78)79)14-7-23-59-49(57)58/h5,9-10,14,25,30-34,36-37,39,68H,1-4,6-8,11-13,15-24,26-27,50-55H2,(H2,56,70)(H,60,72)(H,61,69)(H,62,74)(H,63,75)(H,64,76)(H,65,73)(H,66,71)(H,78,79)(H4,57,58,59)/b35-14-/t30-,31-,32-,33-,34+,36-,37-,39-/m0/s1. The van der Waals surface area contributed by atoms with E-state index in [-0.39, 0.29) is 102 Å². The second kappa shape index (κ2) is 36.7. The maximum atomic E-state index is 14.3. The number of rotatable bonds is 38. The molecular formula is C49H84N18O12. The van der Waals surface area contributed by atoms with Gasteiger partial charge in [0.2, 0.25) is 53.2 Å². The van der Waals surface area contributed by atoms with Crippen LogP contribution in [0, 0.1) is 0 Å². The molecule has 9 amide bonds. The van der Waals surface area contributed by atoms with Crippen LogP contribution in [0.5, 0.6) is 0 Å². The van der Waals surface area contributed by atoms with Crippen molar-refractivity contribution in [2.75, 3.05) is 52.4 Å². The van der Waals surface area contributed by atoms with Crippen LogP contribution in [0.25, 0.3) is 0 Å². The molecule has 1 aromatic carbocycles. The van der Waals surface area contributed by atoms with Crippen molar-refractivity contribution in [2.45, 2.75) is 138 Å². The molecular weight excluding hydrogens is 1030 g/mol. The first-order valence-electron chi connectivity index (χ1n) is 26.3.